The van der Waals surface area contributed by atoms with Gasteiger partial charge in [-0.25, -0.2) is 0 Å². The highest BCUT2D eigenvalue weighted by Crippen LogP contribution is 2.38. The molecule has 0 aromatic carbocycles. The van der Waals surface area contributed by atoms with E-state index in [0.29, 0.717) is 43.1 Å². The standard InChI is InChI=1S/C48H82NO12P/c1-6-8-10-11-12-13-14-15-16-17-18-19-20-21-22-23-28-32-46(52)57-39-42(40-59-62(55,56)58-37-36-49(3,4)5)60-47(53)33-29-25-24-27-31-43-44(51)38-48(54)61-45(43)35-34-41(50)30-26-9-7-2/h8,10,12-13,15-16,18-19,24,27,34-35,41-45,48,50-51,54H,6-7,9,11,14,17,20-23,25-26,28-33,36-40H2,1-5H3/b10-8-,13-12-,16-15-,19-18-,27-24-,35-34+/t41-,42+,43-,44-,45+,48?/m0/s1. The van der Waals surface area contributed by atoms with Crippen LogP contribution in [-0.4, -0.2) is 110 Å². The van der Waals surface area contributed by atoms with Crippen LogP contribution in [0.15, 0.2) is 72.9 Å². The Kier molecular flexibility index (Phi) is 32.9. The zero-order valence-electron chi connectivity index (χ0n) is 38.6. The number of aliphatic hydroxyl groups is 3. The molecule has 356 valence electrons. The van der Waals surface area contributed by atoms with E-state index in [0.717, 1.165) is 70.6 Å². The van der Waals surface area contributed by atoms with Crippen LogP contribution in [0, 0.1) is 5.92 Å². The van der Waals surface area contributed by atoms with E-state index in [4.69, 9.17) is 23.3 Å². The molecule has 1 fully saturated rings. The fraction of sp³-hybridized carbons (Fsp3) is 0.708. The number of nitrogens with zero attached hydrogens (tertiary/aromatic N) is 1. The second kappa shape index (κ2) is 35.6. The van der Waals surface area contributed by atoms with E-state index in [1.165, 1.54) is 0 Å². The lowest BCUT2D eigenvalue weighted by Crippen LogP contribution is -2.43. The fourth-order valence-electron chi connectivity index (χ4n) is 6.33. The van der Waals surface area contributed by atoms with Crippen LogP contribution in [0.4, 0.5) is 0 Å². The molecule has 1 aliphatic rings. The van der Waals surface area contributed by atoms with E-state index >= 15 is 0 Å². The van der Waals surface area contributed by atoms with E-state index in [1.54, 1.807) is 12.2 Å². The molecule has 14 heteroatoms. The van der Waals surface area contributed by atoms with Crippen LogP contribution in [0.25, 0.3) is 0 Å². The number of hydrogen-bond acceptors (Lipinski definition) is 12. The summed E-state index contributed by atoms with van der Waals surface area (Å²) in [6, 6.07) is 0. The number of allylic oxidation sites excluding steroid dienone is 10. The minimum absolute atomic E-state index is 0.0212. The molecule has 0 aliphatic carbocycles. The molecule has 0 radical (unpaired) electrons. The Bertz CT molecular complexity index is 1400. The topological polar surface area (TPSA) is 181 Å². The Morgan fingerprint density at radius 2 is 1.42 bits per heavy atom. The van der Waals surface area contributed by atoms with Gasteiger partial charge in [0, 0.05) is 25.2 Å². The number of esters is 2. The number of carbonyl (C=O) groups is 2. The van der Waals surface area contributed by atoms with Gasteiger partial charge in [-0.1, -0.05) is 119 Å². The first-order valence-corrected chi connectivity index (χ1v) is 24.5. The lowest BCUT2D eigenvalue weighted by molar-refractivity contribution is -0.870. The summed E-state index contributed by atoms with van der Waals surface area (Å²) in [5.74, 6) is -1.39. The lowest BCUT2D eigenvalue weighted by atomic mass is 9.87. The molecule has 62 heavy (non-hydrogen) atoms. The molecule has 1 heterocycles. The van der Waals surface area contributed by atoms with Crippen molar-refractivity contribution in [2.45, 2.75) is 167 Å². The molecule has 2 unspecified atom stereocenters. The third kappa shape index (κ3) is 32.9. The monoisotopic (exact) mass is 896 g/mol. The summed E-state index contributed by atoms with van der Waals surface area (Å²) < 4.78 is 39.5. The quantitative estimate of drug-likeness (QED) is 0.0180. The van der Waals surface area contributed by atoms with Gasteiger partial charge in [0.05, 0.1) is 46.1 Å². The SMILES string of the molecule is CC/C=C\C/C=C\C/C=C\C/C=C\CCCCCCC(=O)OC[C@H](COP(=O)([O-])OCC[N+](C)(C)C)OC(=O)CCC/C=C\C[C@H]1[C@@H](O)CC(O)O[C@@H]1/C=C/[C@@H](O)CCCCC. The minimum atomic E-state index is -4.72. The predicted octanol–water partition coefficient (Wildman–Crippen LogP) is 8.49. The van der Waals surface area contributed by atoms with Crippen molar-refractivity contribution in [2.24, 2.45) is 5.92 Å². The Labute approximate surface area is 373 Å². The van der Waals surface area contributed by atoms with Crippen LogP contribution < -0.4 is 4.89 Å². The molecule has 7 atom stereocenters. The number of phosphoric ester groups is 1. The van der Waals surface area contributed by atoms with Crippen LogP contribution >= 0.6 is 7.82 Å². The number of carbonyl (C=O) groups excluding carboxylic acids is 2. The highest BCUT2D eigenvalue weighted by atomic mass is 31.2. The summed E-state index contributed by atoms with van der Waals surface area (Å²) in [7, 11) is 0.970. The molecule has 13 nitrogen and oxygen atoms in total. The Morgan fingerprint density at radius 3 is 2.10 bits per heavy atom. The van der Waals surface area contributed by atoms with Gasteiger partial charge >= 0.3 is 11.9 Å². The van der Waals surface area contributed by atoms with Gasteiger partial charge in [0.1, 0.15) is 19.8 Å². The normalized spacial score (nSPS) is 20.9. The van der Waals surface area contributed by atoms with Gasteiger partial charge in [0.15, 0.2) is 12.4 Å². The molecular weight excluding hydrogens is 813 g/mol. The zero-order valence-corrected chi connectivity index (χ0v) is 39.5. The molecule has 1 aliphatic heterocycles. The Balaban J connectivity index is 2.55. The smallest absolute Gasteiger partial charge is 0.306 e. The van der Waals surface area contributed by atoms with E-state index in [-0.39, 0.29) is 38.4 Å². The molecule has 0 saturated carbocycles. The highest BCUT2D eigenvalue weighted by Gasteiger charge is 2.35. The molecule has 0 spiro atoms. The summed E-state index contributed by atoms with van der Waals surface area (Å²) in [5.41, 5.74) is 0. The maximum Gasteiger partial charge on any atom is 0.306 e. The molecule has 1 rings (SSSR count). The van der Waals surface area contributed by atoms with Gasteiger partial charge in [-0.05, 0) is 70.6 Å². The minimum Gasteiger partial charge on any atom is -0.756 e. The van der Waals surface area contributed by atoms with Crippen molar-refractivity contribution in [3.05, 3.63) is 72.9 Å². The molecular formula is C48H82NO12P. The van der Waals surface area contributed by atoms with Crippen molar-refractivity contribution in [1.29, 1.82) is 0 Å². The Hall–Kier alpha value is -2.71. The molecule has 3 N–H and O–H groups in total. The van der Waals surface area contributed by atoms with Gasteiger partial charge < -0.3 is 48.0 Å². The van der Waals surface area contributed by atoms with Crippen LogP contribution in [-0.2, 0) is 37.4 Å². The predicted molar refractivity (Wildman–Crippen MR) is 244 cm³/mol. The average molecular weight is 896 g/mol. The van der Waals surface area contributed by atoms with Crippen molar-refractivity contribution in [3.63, 3.8) is 0 Å². The van der Waals surface area contributed by atoms with Crippen molar-refractivity contribution < 1.29 is 62.1 Å². The first-order chi connectivity index (χ1) is 29.7. The number of phosphoric acid groups is 1. The number of aliphatic hydroxyl groups excluding tert-OH is 3. The molecule has 0 amide bonds. The number of ether oxygens (including phenoxy) is 3. The first kappa shape index (κ1) is 57.3. The highest BCUT2D eigenvalue weighted by molar-refractivity contribution is 7.45. The Morgan fingerprint density at radius 1 is 0.790 bits per heavy atom. The number of rotatable bonds is 36. The van der Waals surface area contributed by atoms with Crippen molar-refractivity contribution in [3.8, 4) is 0 Å². The summed E-state index contributed by atoms with van der Waals surface area (Å²) in [6.45, 7) is 3.64. The van der Waals surface area contributed by atoms with Gasteiger partial charge in [-0.15, -0.1) is 0 Å². The van der Waals surface area contributed by atoms with Crippen LogP contribution in [0.2, 0.25) is 0 Å². The second-order valence-electron chi connectivity index (χ2n) is 16.9. The van der Waals surface area contributed by atoms with Gasteiger partial charge in [0.25, 0.3) is 7.82 Å². The number of hydrogen-bond donors (Lipinski definition) is 3. The number of unbranched alkanes of at least 4 members (excludes halogenated alkanes) is 7. The molecule has 0 aromatic heterocycles. The molecule has 0 bridgehead atoms. The van der Waals surface area contributed by atoms with Gasteiger partial charge in [0.2, 0.25) is 0 Å². The third-order valence-corrected chi connectivity index (χ3v) is 11.0. The maximum absolute atomic E-state index is 12.8. The summed E-state index contributed by atoms with van der Waals surface area (Å²) in [6.07, 6.45) is 34.0. The van der Waals surface area contributed by atoms with Crippen LogP contribution in [0.1, 0.15) is 136 Å². The largest absolute Gasteiger partial charge is 0.756 e. The summed E-state index contributed by atoms with van der Waals surface area (Å²) in [4.78, 5) is 37.8. The first-order valence-electron chi connectivity index (χ1n) is 23.0. The van der Waals surface area contributed by atoms with Crippen LogP contribution in [0.3, 0.4) is 0 Å². The van der Waals surface area contributed by atoms with Crippen molar-refractivity contribution in [1.82, 2.24) is 0 Å². The van der Waals surface area contributed by atoms with Gasteiger partial charge in [-0.3, -0.25) is 14.2 Å². The number of quaternary nitrogens is 1. The summed E-state index contributed by atoms with van der Waals surface area (Å²) >= 11 is 0. The third-order valence-electron chi connectivity index (χ3n) is 10.0. The van der Waals surface area contributed by atoms with Crippen molar-refractivity contribution >= 4 is 19.8 Å². The van der Waals surface area contributed by atoms with Crippen molar-refractivity contribution in [2.75, 3.05) is 47.5 Å². The second-order valence-corrected chi connectivity index (χ2v) is 18.3. The van der Waals surface area contributed by atoms with Crippen LogP contribution in [0.5, 0.6) is 0 Å². The lowest BCUT2D eigenvalue weighted by Gasteiger charge is -2.36. The fourth-order valence-corrected chi connectivity index (χ4v) is 7.06. The van der Waals surface area contributed by atoms with E-state index < -0.39 is 57.1 Å². The van der Waals surface area contributed by atoms with Gasteiger partial charge in [-0.2, -0.15) is 0 Å². The zero-order chi connectivity index (χ0) is 45.9. The van der Waals surface area contributed by atoms with E-state index in [9.17, 15) is 34.4 Å². The number of likely N-dealkylation sites (N-methyl/N-ethyl adjacent to an activating group) is 1. The van der Waals surface area contributed by atoms with E-state index in [2.05, 4.69) is 62.5 Å². The molecule has 0 aromatic rings. The maximum atomic E-state index is 12.8. The average Bonchev–Trinajstić information content (AvgIpc) is 3.20. The molecule has 1 saturated heterocycles. The van der Waals surface area contributed by atoms with E-state index in [1.807, 2.05) is 33.3 Å². The summed E-state index contributed by atoms with van der Waals surface area (Å²) in [5, 5.41) is 31.0.